The maximum Gasteiger partial charge on any atom is 0.219 e. The highest BCUT2D eigenvalue weighted by Crippen LogP contribution is 2.39. The summed E-state index contributed by atoms with van der Waals surface area (Å²) in [7, 11) is 0. The molecule has 1 saturated heterocycles. The van der Waals surface area contributed by atoms with E-state index in [1.165, 1.54) is 0 Å². The molecule has 2 N–H and O–H groups in total. The van der Waals surface area contributed by atoms with E-state index in [0.29, 0.717) is 18.0 Å². The second-order valence-corrected chi connectivity index (χ2v) is 7.55. The number of hydrogen-bond acceptors (Lipinski definition) is 3. The Kier molecular flexibility index (Phi) is 4.75. The average Bonchev–Trinajstić information content (AvgIpc) is 2.41. The van der Waals surface area contributed by atoms with Gasteiger partial charge in [0.1, 0.15) is 0 Å². The van der Waals surface area contributed by atoms with Crippen molar-refractivity contribution in [2.45, 2.75) is 70.9 Å². The first-order chi connectivity index (χ1) is 9.30. The number of hydrogen-bond donors (Lipinski definition) is 2. The van der Waals surface area contributed by atoms with Crippen molar-refractivity contribution in [1.82, 2.24) is 10.2 Å². The van der Waals surface area contributed by atoms with E-state index in [-0.39, 0.29) is 5.91 Å². The summed E-state index contributed by atoms with van der Waals surface area (Å²) in [5.41, 5.74) is -0.133. The predicted octanol–water partition coefficient (Wildman–Crippen LogP) is 1.92. The highest BCUT2D eigenvalue weighted by molar-refractivity contribution is 5.73. The van der Waals surface area contributed by atoms with Crippen LogP contribution in [0, 0.1) is 5.41 Å². The Morgan fingerprint density at radius 1 is 1.20 bits per heavy atom. The zero-order chi connectivity index (χ0) is 14.8. The number of nitrogens with one attached hydrogen (secondary N) is 1. The molecule has 2 fully saturated rings. The predicted molar refractivity (Wildman–Crippen MR) is 80.5 cm³/mol. The van der Waals surface area contributed by atoms with Gasteiger partial charge in [0.2, 0.25) is 5.91 Å². The van der Waals surface area contributed by atoms with E-state index < -0.39 is 5.60 Å². The van der Waals surface area contributed by atoms with Crippen molar-refractivity contribution >= 4 is 5.91 Å². The number of amides is 1. The molecule has 1 aliphatic carbocycles. The number of nitrogens with zero attached hydrogens (tertiary/aromatic N) is 1. The van der Waals surface area contributed by atoms with Gasteiger partial charge >= 0.3 is 0 Å². The van der Waals surface area contributed by atoms with Crippen LogP contribution < -0.4 is 5.32 Å². The summed E-state index contributed by atoms with van der Waals surface area (Å²) in [5.74, 6) is 0.177. The molecule has 1 heterocycles. The zero-order valence-corrected chi connectivity index (χ0v) is 13.2. The van der Waals surface area contributed by atoms with Crippen molar-refractivity contribution in [3.63, 3.8) is 0 Å². The van der Waals surface area contributed by atoms with Crippen LogP contribution in [0.4, 0.5) is 0 Å². The fraction of sp³-hybridized carbons (Fsp3) is 0.938. The molecule has 20 heavy (non-hydrogen) atoms. The second kappa shape index (κ2) is 6.02. The Hall–Kier alpha value is -0.610. The van der Waals surface area contributed by atoms with Crippen LogP contribution in [-0.2, 0) is 4.79 Å². The minimum atomic E-state index is -0.521. The Morgan fingerprint density at radius 3 is 2.25 bits per heavy atom. The SMILES string of the molecule is CC(=O)N1CCC(NCC2(O)CCC(C)(C)CC2)CC1. The van der Waals surface area contributed by atoms with Crippen LogP contribution in [0.25, 0.3) is 0 Å². The van der Waals surface area contributed by atoms with Crippen molar-refractivity contribution in [3.8, 4) is 0 Å². The van der Waals surface area contributed by atoms with Crippen LogP contribution in [-0.4, -0.2) is 47.2 Å². The molecule has 116 valence electrons. The Labute approximate surface area is 122 Å². The monoisotopic (exact) mass is 282 g/mol. The number of carbonyl (C=O) groups excluding carboxylic acids is 1. The fourth-order valence-electron chi connectivity index (χ4n) is 3.30. The third-order valence-corrected chi connectivity index (χ3v) is 5.19. The molecule has 1 saturated carbocycles. The summed E-state index contributed by atoms with van der Waals surface area (Å²) in [6.45, 7) is 8.61. The van der Waals surface area contributed by atoms with Crippen molar-refractivity contribution in [2.75, 3.05) is 19.6 Å². The van der Waals surface area contributed by atoms with E-state index in [9.17, 15) is 9.90 Å². The Morgan fingerprint density at radius 2 is 1.75 bits per heavy atom. The van der Waals surface area contributed by atoms with Gasteiger partial charge in [-0.15, -0.1) is 0 Å². The molecule has 0 aromatic carbocycles. The molecular formula is C16H30N2O2. The highest BCUT2D eigenvalue weighted by Gasteiger charge is 2.36. The number of likely N-dealkylation sites (tertiary alicyclic amines) is 1. The first-order valence-corrected chi connectivity index (χ1v) is 8.01. The third-order valence-electron chi connectivity index (χ3n) is 5.19. The molecule has 2 rings (SSSR count). The molecular weight excluding hydrogens is 252 g/mol. The van der Waals surface area contributed by atoms with Crippen molar-refractivity contribution in [3.05, 3.63) is 0 Å². The molecule has 0 atom stereocenters. The molecule has 1 aliphatic heterocycles. The molecule has 1 amide bonds. The third kappa shape index (κ3) is 4.19. The van der Waals surface area contributed by atoms with Gasteiger partial charge in [0.25, 0.3) is 0 Å². The standard InChI is InChI=1S/C16H30N2O2/c1-13(19)18-10-4-14(5-11-18)17-12-16(20)8-6-15(2,3)7-9-16/h14,17,20H,4-12H2,1-3H3. The van der Waals surface area contributed by atoms with E-state index in [4.69, 9.17) is 0 Å². The molecule has 0 aromatic rings. The van der Waals surface area contributed by atoms with E-state index in [1.807, 2.05) is 4.90 Å². The van der Waals surface area contributed by atoms with Gasteiger partial charge in [-0.2, -0.15) is 0 Å². The average molecular weight is 282 g/mol. The van der Waals surface area contributed by atoms with Gasteiger partial charge in [-0.1, -0.05) is 13.8 Å². The molecule has 4 heteroatoms. The van der Waals surface area contributed by atoms with E-state index in [2.05, 4.69) is 19.2 Å². The van der Waals surface area contributed by atoms with Crippen LogP contribution in [0.15, 0.2) is 0 Å². The van der Waals surface area contributed by atoms with Crippen LogP contribution in [0.1, 0.15) is 59.3 Å². The quantitative estimate of drug-likeness (QED) is 0.831. The maximum absolute atomic E-state index is 11.3. The van der Waals surface area contributed by atoms with Gasteiger partial charge in [-0.3, -0.25) is 4.79 Å². The Bertz CT molecular complexity index is 336. The topological polar surface area (TPSA) is 52.6 Å². The van der Waals surface area contributed by atoms with Gasteiger partial charge in [0.15, 0.2) is 0 Å². The molecule has 2 aliphatic rings. The lowest BCUT2D eigenvalue weighted by Crippen LogP contribution is -2.50. The fourth-order valence-corrected chi connectivity index (χ4v) is 3.30. The number of piperidine rings is 1. The van der Waals surface area contributed by atoms with Crippen molar-refractivity contribution < 1.29 is 9.90 Å². The van der Waals surface area contributed by atoms with E-state index in [0.717, 1.165) is 51.6 Å². The summed E-state index contributed by atoms with van der Waals surface area (Å²) in [6.07, 6.45) is 6.02. The molecule has 0 spiro atoms. The molecule has 4 nitrogen and oxygen atoms in total. The summed E-state index contributed by atoms with van der Waals surface area (Å²) < 4.78 is 0. The van der Waals surface area contributed by atoms with Crippen molar-refractivity contribution in [1.29, 1.82) is 0 Å². The number of carbonyl (C=O) groups is 1. The Balaban J connectivity index is 1.72. The lowest BCUT2D eigenvalue weighted by atomic mass is 9.71. The van der Waals surface area contributed by atoms with Crippen LogP contribution >= 0.6 is 0 Å². The van der Waals surface area contributed by atoms with Crippen molar-refractivity contribution in [2.24, 2.45) is 5.41 Å². The van der Waals surface area contributed by atoms with E-state index in [1.54, 1.807) is 6.92 Å². The van der Waals surface area contributed by atoms with E-state index >= 15 is 0 Å². The smallest absolute Gasteiger partial charge is 0.219 e. The molecule has 0 aromatic heterocycles. The first kappa shape index (κ1) is 15.8. The summed E-state index contributed by atoms with van der Waals surface area (Å²) in [4.78, 5) is 13.2. The van der Waals surface area contributed by atoms with Crippen LogP contribution in [0.5, 0.6) is 0 Å². The summed E-state index contributed by atoms with van der Waals surface area (Å²) in [6, 6.07) is 0.449. The lowest BCUT2D eigenvalue weighted by molar-refractivity contribution is -0.130. The number of rotatable bonds is 3. The second-order valence-electron chi connectivity index (χ2n) is 7.55. The summed E-state index contributed by atoms with van der Waals surface area (Å²) >= 11 is 0. The normalized spacial score (nSPS) is 26.5. The van der Waals surface area contributed by atoms with Gasteiger partial charge in [-0.25, -0.2) is 0 Å². The molecule has 0 radical (unpaired) electrons. The van der Waals surface area contributed by atoms with Gasteiger partial charge < -0.3 is 15.3 Å². The van der Waals surface area contributed by atoms with Gasteiger partial charge in [0, 0.05) is 32.6 Å². The van der Waals surface area contributed by atoms with Crippen LogP contribution in [0.3, 0.4) is 0 Å². The highest BCUT2D eigenvalue weighted by atomic mass is 16.3. The first-order valence-electron chi connectivity index (χ1n) is 8.01. The lowest BCUT2D eigenvalue weighted by Gasteiger charge is -2.41. The minimum Gasteiger partial charge on any atom is -0.389 e. The molecule has 0 bridgehead atoms. The minimum absolute atomic E-state index is 0.177. The largest absolute Gasteiger partial charge is 0.389 e. The van der Waals surface area contributed by atoms with Crippen LogP contribution in [0.2, 0.25) is 0 Å². The van der Waals surface area contributed by atoms with Gasteiger partial charge in [0.05, 0.1) is 5.60 Å². The maximum atomic E-state index is 11.3. The van der Waals surface area contributed by atoms with Gasteiger partial charge in [-0.05, 0) is 43.9 Å². The number of aliphatic hydroxyl groups is 1. The molecule has 0 unspecified atom stereocenters. The zero-order valence-electron chi connectivity index (χ0n) is 13.2. The summed E-state index contributed by atoms with van der Waals surface area (Å²) in [5, 5.41) is 14.2.